The first-order chi connectivity index (χ1) is 5.16. The minimum Gasteiger partial charge on any atom is -0.378 e. The lowest BCUT2D eigenvalue weighted by molar-refractivity contribution is 0.0638. The van der Waals surface area contributed by atoms with Crippen molar-refractivity contribution < 1.29 is 9.47 Å². The molecule has 66 valence electrons. The van der Waals surface area contributed by atoms with Crippen LogP contribution in [0, 0.1) is 5.92 Å². The Morgan fingerprint density at radius 3 is 2.73 bits per heavy atom. The molecule has 1 rings (SSSR count). The lowest BCUT2D eigenvalue weighted by Crippen LogP contribution is -2.17. The third-order valence-electron chi connectivity index (χ3n) is 2.14. The normalized spacial score (nSPS) is 31.9. The van der Waals surface area contributed by atoms with Gasteiger partial charge in [0.15, 0.2) is 0 Å². The van der Waals surface area contributed by atoms with Gasteiger partial charge in [0.05, 0.1) is 13.2 Å². The van der Waals surface area contributed by atoms with Gasteiger partial charge in [-0.25, -0.2) is 0 Å². The predicted octanol–water partition coefficient (Wildman–Crippen LogP) is 1.84. The summed E-state index contributed by atoms with van der Waals surface area (Å²) >= 11 is 0. The molecule has 2 heteroatoms. The van der Waals surface area contributed by atoms with E-state index in [1.165, 1.54) is 6.42 Å². The summed E-state index contributed by atoms with van der Waals surface area (Å²) < 4.78 is 10.7. The van der Waals surface area contributed by atoms with Crippen LogP contribution >= 0.6 is 0 Å². The number of hydrogen-bond acceptors (Lipinski definition) is 2. The summed E-state index contributed by atoms with van der Waals surface area (Å²) in [5.41, 5.74) is 0.0630. The number of ether oxygens (including phenoxy) is 2. The van der Waals surface area contributed by atoms with Crippen LogP contribution in [0.4, 0.5) is 0 Å². The van der Waals surface area contributed by atoms with Crippen LogP contribution < -0.4 is 0 Å². The molecule has 2 unspecified atom stereocenters. The molecule has 11 heavy (non-hydrogen) atoms. The van der Waals surface area contributed by atoms with Crippen molar-refractivity contribution in [3.05, 3.63) is 0 Å². The maximum Gasteiger partial charge on any atom is 0.112 e. The van der Waals surface area contributed by atoms with Gasteiger partial charge < -0.3 is 9.47 Å². The van der Waals surface area contributed by atoms with Gasteiger partial charge in [0.2, 0.25) is 0 Å². The van der Waals surface area contributed by atoms with Gasteiger partial charge in [0, 0.05) is 6.61 Å². The zero-order valence-electron chi connectivity index (χ0n) is 7.72. The summed E-state index contributed by atoms with van der Waals surface area (Å²) in [6, 6.07) is 0. The maximum atomic E-state index is 5.49. The molecule has 0 bridgehead atoms. The van der Waals surface area contributed by atoms with Crippen molar-refractivity contribution in [3.63, 3.8) is 0 Å². The summed E-state index contributed by atoms with van der Waals surface area (Å²) in [5, 5.41) is 0. The van der Waals surface area contributed by atoms with Gasteiger partial charge in [-0.2, -0.15) is 0 Å². The van der Waals surface area contributed by atoms with Gasteiger partial charge >= 0.3 is 0 Å². The largest absolute Gasteiger partial charge is 0.378 e. The molecule has 0 aliphatic carbocycles. The van der Waals surface area contributed by atoms with Crippen LogP contribution in [0.25, 0.3) is 0 Å². The van der Waals surface area contributed by atoms with Crippen molar-refractivity contribution in [1.29, 1.82) is 0 Å². The fourth-order valence-corrected chi connectivity index (χ4v) is 0.800. The van der Waals surface area contributed by atoms with E-state index >= 15 is 0 Å². The van der Waals surface area contributed by atoms with Crippen LogP contribution in [0.5, 0.6) is 0 Å². The third kappa shape index (κ3) is 3.21. The second-order valence-corrected chi connectivity index (χ2v) is 3.77. The summed E-state index contributed by atoms with van der Waals surface area (Å²) in [6.45, 7) is 8.98. The highest BCUT2D eigenvalue weighted by Gasteiger charge is 2.39. The molecule has 0 saturated carbocycles. The van der Waals surface area contributed by atoms with Crippen molar-refractivity contribution in [2.24, 2.45) is 5.92 Å². The Labute approximate surface area is 68.9 Å². The van der Waals surface area contributed by atoms with E-state index in [4.69, 9.17) is 9.47 Å². The lowest BCUT2D eigenvalue weighted by atomic mass is 10.1. The Morgan fingerprint density at radius 2 is 2.27 bits per heavy atom. The Morgan fingerprint density at radius 1 is 1.64 bits per heavy atom. The minimum absolute atomic E-state index is 0.0630. The second kappa shape index (κ2) is 3.55. The maximum absolute atomic E-state index is 5.49. The van der Waals surface area contributed by atoms with E-state index in [-0.39, 0.29) is 5.60 Å². The average Bonchev–Trinajstić information content (AvgIpc) is 2.68. The monoisotopic (exact) mass is 158 g/mol. The standard InChI is InChI=1S/C9H18O2/c1-4-8(2)5-10-6-9(3)7-11-9/h8H,4-7H2,1-3H3. The van der Waals surface area contributed by atoms with Gasteiger partial charge in [0.25, 0.3) is 0 Å². The van der Waals surface area contributed by atoms with E-state index in [2.05, 4.69) is 20.8 Å². The first kappa shape index (κ1) is 9.01. The Hall–Kier alpha value is -0.0800. The van der Waals surface area contributed by atoms with Gasteiger partial charge in [-0.3, -0.25) is 0 Å². The van der Waals surface area contributed by atoms with Crippen LogP contribution in [0.1, 0.15) is 27.2 Å². The molecule has 0 amide bonds. The van der Waals surface area contributed by atoms with Gasteiger partial charge in [0.1, 0.15) is 5.60 Å². The molecule has 0 aromatic heterocycles. The second-order valence-electron chi connectivity index (χ2n) is 3.77. The van der Waals surface area contributed by atoms with Gasteiger partial charge in [-0.15, -0.1) is 0 Å². The molecule has 1 heterocycles. The summed E-state index contributed by atoms with van der Waals surface area (Å²) in [4.78, 5) is 0. The molecule has 2 nitrogen and oxygen atoms in total. The molecular formula is C9H18O2. The summed E-state index contributed by atoms with van der Waals surface area (Å²) in [7, 11) is 0. The molecule has 1 aliphatic heterocycles. The number of hydrogen-bond donors (Lipinski definition) is 0. The molecular weight excluding hydrogens is 140 g/mol. The van der Waals surface area contributed by atoms with Crippen molar-refractivity contribution in [3.8, 4) is 0 Å². The van der Waals surface area contributed by atoms with E-state index < -0.39 is 0 Å². The molecule has 0 spiro atoms. The van der Waals surface area contributed by atoms with E-state index in [0.717, 1.165) is 19.8 Å². The summed E-state index contributed by atoms with van der Waals surface area (Å²) in [6.07, 6.45) is 1.19. The first-order valence-corrected chi connectivity index (χ1v) is 4.38. The van der Waals surface area contributed by atoms with Gasteiger partial charge in [-0.05, 0) is 12.8 Å². The molecule has 0 aromatic rings. The first-order valence-electron chi connectivity index (χ1n) is 4.38. The molecule has 0 radical (unpaired) electrons. The zero-order valence-corrected chi connectivity index (χ0v) is 7.72. The minimum atomic E-state index is 0.0630. The Kier molecular flexibility index (Phi) is 2.90. The van der Waals surface area contributed by atoms with Crippen LogP contribution in [-0.2, 0) is 9.47 Å². The van der Waals surface area contributed by atoms with E-state index in [9.17, 15) is 0 Å². The van der Waals surface area contributed by atoms with Crippen molar-refractivity contribution >= 4 is 0 Å². The lowest BCUT2D eigenvalue weighted by Gasteiger charge is -2.10. The predicted molar refractivity (Wildman–Crippen MR) is 44.6 cm³/mol. The van der Waals surface area contributed by atoms with Gasteiger partial charge in [-0.1, -0.05) is 20.3 Å². The smallest absolute Gasteiger partial charge is 0.112 e. The van der Waals surface area contributed by atoms with Crippen molar-refractivity contribution in [1.82, 2.24) is 0 Å². The van der Waals surface area contributed by atoms with Crippen LogP contribution in [0.3, 0.4) is 0 Å². The van der Waals surface area contributed by atoms with Crippen molar-refractivity contribution in [2.45, 2.75) is 32.8 Å². The topological polar surface area (TPSA) is 21.8 Å². The SMILES string of the molecule is CCC(C)COCC1(C)CO1. The molecule has 2 atom stereocenters. The molecule has 1 fully saturated rings. The van der Waals surface area contributed by atoms with E-state index in [1.54, 1.807) is 0 Å². The van der Waals surface area contributed by atoms with Crippen LogP contribution in [-0.4, -0.2) is 25.4 Å². The molecule has 0 aromatic carbocycles. The fourth-order valence-electron chi connectivity index (χ4n) is 0.800. The summed E-state index contributed by atoms with van der Waals surface area (Å²) in [5.74, 6) is 0.678. The molecule has 1 saturated heterocycles. The Balaban J connectivity index is 1.95. The number of epoxide rings is 1. The van der Waals surface area contributed by atoms with E-state index in [1.807, 2.05) is 0 Å². The highest BCUT2D eigenvalue weighted by atomic mass is 16.6. The molecule has 1 aliphatic rings. The average molecular weight is 158 g/mol. The Bertz CT molecular complexity index is 119. The van der Waals surface area contributed by atoms with Crippen LogP contribution in [0.2, 0.25) is 0 Å². The van der Waals surface area contributed by atoms with E-state index in [0.29, 0.717) is 5.92 Å². The number of rotatable bonds is 5. The zero-order chi connectivity index (χ0) is 8.32. The fraction of sp³-hybridized carbons (Fsp3) is 1.00. The highest BCUT2D eigenvalue weighted by Crippen LogP contribution is 2.25. The van der Waals surface area contributed by atoms with Crippen molar-refractivity contribution in [2.75, 3.05) is 19.8 Å². The highest BCUT2D eigenvalue weighted by molar-refractivity contribution is 4.86. The third-order valence-corrected chi connectivity index (χ3v) is 2.14. The molecule has 0 N–H and O–H groups in total. The van der Waals surface area contributed by atoms with Crippen LogP contribution in [0.15, 0.2) is 0 Å². The quantitative estimate of drug-likeness (QED) is 0.569.